The first-order valence-electron chi connectivity index (χ1n) is 8.53. The maximum absolute atomic E-state index is 11.8. The highest BCUT2D eigenvalue weighted by atomic mass is 16.1. The fraction of sp³-hybridized carbons (Fsp3) is 0.667. The first-order valence-corrected chi connectivity index (χ1v) is 8.53. The summed E-state index contributed by atoms with van der Waals surface area (Å²) in [5, 5.41) is 2.95. The number of hydrogen-bond donors (Lipinski definition) is 1. The minimum atomic E-state index is -0.0148. The second-order valence-corrected chi connectivity index (χ2v) is 5.68. The molecule has 1 aromatic heterocycles. The van der Waals surface area contributed by atoms with Gasteiger partial charge < -0.3 is 5.32 Å². The zero-order chi connectivity index (χ0) is 15.2. The van der Waals surface area contributed by atoms with E-state index >= 15 is 0 Å². The van der Waals surface area contributed by atoms with Crippen LogP contribution in [0.1, 0.15) is 81.5 Å². The Morgan fingerprint density at radius 1 is 1.00 bits per heavy atom. The number of aromatic nitrogens is 1. The van der Waals surface area contributed by atoms with Crippen molar-refractivity contribution in [3.8, 4) is 0 Å². The molecule has 0 aromatic carbocycles. The predicted molar refractivity (Wildman–Crippen MR) is 88.4 cm³/mol. The molecular formula is C18H30N2O. The van der Waals surface area contributed by atoms with Crippen molar-refractivity contribution in [3.05, 3.63) is 30.1 Å². The summed E-state index contributed by atoms with van der Waals surface area (Å²) >= 11 is 0. The molecule has 3 heteroatoms. The van der Waals surface area contributed by atoms with E-state index in [1.165, 1.54) is 57.8 Å². The van der Waals surface area contributed by atoms with Gasteiger partial charge in [-0.3, -0.25) is 9.78 Å². The molecule has 0 unspecified atom stereocenters. The van der Waals surface area contributed by atoms with E-state index in [4.69, 9.17) is 0 Å². The molecule has 0 spiro atoms. The van der Waals surface area contributed by atoms with Gasteiger partial charge in [0.1, 0.15) is 0 Å². The number of carbonyl (C=O) groups excluding carboxylic acids is 1. The predicted octanol–water partition coefficient (Wildman–Crippen LogP) is 4.73. The van der Waals surface area contributed by atoms with Gasteiger partial charge in [0.2, 0.25) is 0 Å². The second-order valence-electron chi connectivity index (χ2n) is 5.68. The van der Waals surface area contributed by atoms with Gasteiger partial charge in [-0.25, -0.2) is 0 Å². The van der Waals surface area contributed by atoms with Gasteiger partial charge in [-0.15, -0.1) is 0 Å². The zero-order valence-corrected chi connectivity index (χ0v) is 13.4. The molecule has 0 fully saturated rings. The Balaban J connectivity index is 1.88. The van der Waals surface area contributed by atoms with Gasteiger partial charge in [-0.2, -0.15) is 0 Å². The van der Waals surface area contributed by atoms with E-state index in [-0.39, 0.29) is 5.91 Å². The molecule has 1 amide bonds. The maximum Gasteiger partial charge on any atom is 0.252 e. The van der Waals surface area contributed by atoms with E-state index in [1.54, 1.807) is 24.5 Å². The SMILES string of the molecule is CCCCCCCCCCCCNC(=O)c1cccnc1. The monoisotopic (exact) mass is 290 g/mol. The number of amides is 1. The lowest BCUT2D eigenvalue weighted by Crippen LogP contribution is -2.24. The van der Waals surface area contributed by atoms with Gasteiger partial charge in [-0.1, -0.05) is 64.7 Å². The molecule has 0 aliphatic carbocycles. The van der Waals surface area contributed by atoms with E-state index in [9.17, 15) is 4.79 Å². The fourth-order valence-electron chi connectivity index (χ4n) is 2.41. The molecule has 0 radical (unpaired) electrons. The van der Waals surface area contributed by atoms with Crippen molar-refractivity contribution < 1.29 is 4.79 Å². The molecular weight excluding hydrogens is 260 g/mol. The van der Waals surface area contributed by atoms with Crippen molar-refractivity contribution in [3.63, 3.8) is 0 Å². The van der Waals surface area contributed by atoms with Crippen LogP contribution < -0.4 is 5.32 Å². The van der Waals surface area contributed by atoms with E-state index < -0.39 is 0 Å². The zero-order valence-electron chi connectivity index (χ0n) is 13.4. The number of pyridine rings is 1. The van der Waals surface area contributed by atoms with Gasteiger partial charge in [-0.05, 0) is 18.6 Å². The van der Waals surface area contributed by atoms with E-state index in [1.807, 2.05) is 0 Å². The van der Waals surface area contributed by atoms with Crippen LogP contribution in [-0.2, 0) is 0 Å². The molecule has 0 saturated heterocycles. The lowest BCUT2D eigenvalue weighted by molar-refractivity contribution is 0.0952. The van der Waals surface area contributed by atoms with Crippen LogP contribution in [0.2, 0.25) is 0 Å². The van der Waals surface area contributed by atoms with Gasteiger partial charge in [0.25, 0.3) is 5.91 Å². The van der Waals surface area contributed by atoms with Crippen LogP contribution in [0.5, 0.6) is 0 Å². The Bertz CT molecular complexity index is 365. The fourth-order valence-corrected chi connectivity index (χ4v) is 2.41. The van der Waals surface area contributed by atoms with Gasteiger partial charge >= 0.3 is 0 Å². The van der Waals surface area contributed by atoms with Crippen molar-refractivity contribution in [1.29, 1.82) is 0 Å². The second kappa shape index (κ2) is 12.4. The third-order valence-electron chi connectivity index (χ3n) is 3.74. The van der Waals surface area contributed by atoms with E-state index in [2.05, 4.69) is 17.2 Å². The summed E-state index contributed by atoms with van der Waals surface area (Å²) in [4.78, 5) is 15.7. The number of nitrogens with one attached hydrogen (secondary N) is 1. The molecule has 0 saturated carbocycles. The lowest BCUT2D eigenvalue weighted by Gasteiger charge is -2.05. The number of hydrogen-bond acceptors (Lipinski definition) is 2. The molecule has 3 nitrogen and oxygen atoms in total. The van der Waals surface area contributed by atoms with Crippen molar-refractivity contribution >= 4 is 5.91 Å². The average Bonchev–Trinajstić information content (AvgIpc) is 2.53. The highest BCUT2D eigenvalue weighted by molar-refractivity contribution is 5.93. The van der Waals surface area contributed by atoms with E-state index in [0.29, 0.717) is 5.56 Å². The lowest BCUT2D eigenvalue weighted by atomic mass is 10.1. The van der Waals surface area contributed by atoms with E-state index in [0.717, 1.165) is 13.0 Å². The standard InChI is InChI=1S/C18H30N2O/c1-2-3-4-5-6-7-8-9-10-11-15-20-18(21)17-13-12-14-19-16-17/h12-14,16H,2-11,15H2,1H3,(H,20,21). The summed E-state index contributed by atoms with van der Waals surface area (Å²) < 4.78 is 0. The van der Waals surface area contributed by atoms with Crippen LogP contribution in [0, 0.1) is 0 Å². The number of unbranched alkanes of at least 4 members (excludes halogenated alkanes) is 9. The Hall–Kier alpha value is -1.38. The van der Waals surface area contributed by atoms with Crippen molar-refractivity contribution in [2.24, 2.45) is 0 Å². The smallest absolute Gasteiger partial charge is 0.252 e. The summed E-state index contributed by atoms with van der Waals surface area (Å²) in [6, 6.07) is 3.58. The van der Waals surface area contributed by atoms with Crippen molar-refractivity contribution in [2.45, 2.75) is 71.1 Å². The Morgan fingerprint density at radius 3 is 2.19 bits per heavy atom. The average molecular weight is 290 g/mol. The number of rotatable bonds is 12. The Morgan fingerprint density at radius 2 is 1.62 bits per heavy atom. The molecule has 1 N–H and O–H groups in total. The third-order valence-corrected chi connectivity index (χ3v) is 3.74. The number of carbonyl (C=O) groups is 1. The maximum atomic E-state index is 11.8. The molecule has 1 aromatic rings. The van der Waals surface area contributed by atoms with Crippen LogP contribution in [0.15, 0.2) is 24.5 Å². The first-order chi connectivity index (χ1) is 10.3. The molecule has 1 rings (SSSR count). The molecule has 0 bridgehead atoms. The third kappa shape index (κ3) is 9.22. The van der Waals surface area contributed by atoms with Gasteiger partial charge in [0, 0.05) is 18.9 Å². The minimum absolute atomic E-state index is 0.0148. The van der Waals surface area contributed by atoms with Crippen LogP contribution in [-0.4, -0.2) is 17.4 Å². The van der Waals surface area contributed by atoms with Gasteiger partial charge in [0.05, 0.1) is 5.56 Å². The normalized spacial score (nSPS) is 10.5. The van der Waals surface area contributed by atoms with Crippen molar-refractivity contribution in [1.82, 2.24) is 10.3 Å². The van der Waals surface area contributed by atoms with Crippen LogP contribution in [0.4, 0.5) is 0 Å². The van der Waals surface area contributed by atoms with Crippen molar-refractivity contribution in [2.75, 3.05) is 6.54 Å². The van der Waals surface area contributed by atoms with Crippen LogP contribution in [0.3, 0.4) is 0 Å². The molecule has 0 aliphatic rings. The summed E-state index contributed by atoms with van der Waals surface area (Å²) in [5.74, 6) is -0.0148. The Labute approximate surface area is 129 Å². The number of nitrogens with zero attached hydrogens (tertiary/aromatic N) is 1. The van der Waals surface area contributed by atoms with Crippen LogP contribution in [0.25, 0.3) is 0 Å². The van der Waals surface area contributed by atoms with Crippen LogP contribution >= 0.6 is 0 Å². The highest BCUT2D eigenvalue weighted by Gasteiger charge is 2.03. The molecule has 118 valence electrons. The summed E-state index contributed by atoms with van der Waals surface area (Å²) in [5.41, 5.74) is 0.643. The molecule has 1 heterocycles. The highest BCUT2D eigenvalue weighted by Crippen LogP contribution is 2.10. The first kappa shape index (κ1) is 17.7. The summed E-state index contributed by atoms with van der Waals surface area (Å²) in [7, 11) is 0. The summed E-state index contributed by atoms with van der Waals surface area (Å²) in [6.45, 7) is 3.03. The molecule has 0 aliphatic heterocycles. The molecule has 21 heavy (non-hydrogen) atoms. The largest absolute Gasteiger partial charge is 0.352 e. The molecule has 0 atom stereocenters. The topological polar surface area (TPSA) is 42.0 Å². The summed E-state index contributed by atoms with van der Waals surface area (Å²) in [6.07, 6.45) is 16.5. The van der Waals surface area contributed by atoms with Gasteiger partial charge in [0.15, 0.2) is 0 Å². The quantitative estimate of drug-likeness (QED) is 0.565. The minimum Gasteiger partial charge on any atom is -0.352 e. The Kier molecular flexibility index (Phi) is 10.4.